The minimum atomic E-state index is -0.158. The van der Waals surface area contributed by atoms with E-state index in [2.05, 4.69) is 48.5 Å². The average molecular weight is 428 g/mol. The molecule has 3 aliphatic rings. The molecule has 2 aliphatic carbocycles. The Kier molecular flexibility index (Phi) is 5.00. The molecule has 32 heavy (non-hydrogen) atoms. The summed E-state index contributed by atoms with van der Waals surface area (Å²) in [7, 11) is 0. The van der Waals surface area contributed by atoms with E-state index in [0.29, 0.717) is 5.75 Å². The molecule has 1 aliphatic heterocycles. The van der Waals surface area contributed by atoms with Crippen LogP contribution in [0.25, 0.3) is 21.9 Å². The van der Waals surface area contributed by atoms with Crippen molar-refractivity contribution < 1.29 is 9.84 Å². The van der Waals surface area contributed by atoms with Crippen LogP contribution in [0.3, 0.4) is 0 Å². The number of hydrogen-bond acceptors (Lipinski definition) is 3. The number of epoxide rings is 1. The quantitative estimate of drug-likeness (QED) is 0.444. The van der Waals surface area contributed by atoms with E-state index in [1.165, 1.54) is 85.3 Å². The minimum Gasteiger partial charge on any atom is -0.508 e. The second-order valence-corrected chi connectivity index (χ2v) is 10.4. The average Bonchev–Trinajstić information content (AvgIpc) is 3.54. The van der Waals surface area contributed by atoms with Crippen LogP contribution in [0.4, 0.5) is 0 Å². The third kappa shape index (κ3) is 3.62. The van der Waals surface area contributed by atoms with E-state index < -0.39 is 0 Å². The van der Waals surface area contributed by atoms with E-state index in [9.17, 15) is 5.11 Å². The van der Waals surface area contributed by atoms with E-state index in [0.717, 1.165) is 11.5 Å². The molecule has 4 atom stereocenters. The van der Waals surface area contributed by atoms with Gasteiger partial charge >= 0.3 is 0 Å². The van der Waals surface area contributed by atoms with E-state index in [4.69, 9.17) is 10.5 Å². The van der Waals surface area contributed by atoms with Crippen molar-refractivity contribution in [2.75, 3.05) is 0 Å². The molecule has 0 radical (unpaired) electrons. The van der Waals surface area contributed by atoms with Gasteiger partial charge in [-0.3, -0.25) is 0 Å². The van der Waals surface area contributed by atoms with E-state index in [1.54, 1.807) is 0 Å². The van der Waals surface area contributed by atoms with E-state index in [1.807, 2.05) is 6.07 Å². The van der Waals surface area contributed by atoms with Gasteiger partial charge in [-0.05, 0) is 82.3 Å². The number of hydrogen-bond donors (Lipinski definition) is 2. The van der Waals surface area contributed by atoms with Gasteiger partial charge in [0, 0.05) is 5.56 Å². The summed E-state index contributed by atoms with van der Waals surface area (Å²) in [6, 6.07) is 19.5. The van der Waals surface area contributed by atoms with Crippen LogP contribution in [-0.4, -0.2) is 11.3 Å². The Hall–Kier alpha value is -2.36. The number of benzene rings is 3. The molecule has 4 unspecified atom stereocenters. The number of nitrogens with two attached hydrogens (primary N) is 1. The second kappa shape index (κ2) is 7.90. The molecule has 6 rings (SSSR count). The largest absolute Gasteiger partial charge is 0.508 e. The molecular formula is C29H33NO2. The molecule has 2 bridgehead atoms. The van der Waals surface area contributed by atoms with Crippen LogP contribution in [0.1, 0.15) is 75.0 Å². The highest BCUT2D eigenvalue weighted by molar-refractivity contribution is 5.88. The maximum Gasteiger partial charge on any atom is 0.137 e. The van der Waals surface area contributed by atoms with Crippen LogP contribution in [0.5, 0.6) is 5.75 Å². The van der Waals surface area contributed by atoms with Crippen molar-refractivity contribution in [3.8, 4) is 16.9 Å². The lowest BCUT2D eigenvalue weighted by Gasteiger charge is -2.43. The number of rotatable bonds is 3. The summed E-state index contributed by atoms with van der Waals surface area (Å²) in [5, 5.41) is 13.4. The van der Waals surface area contributed by atoms with Crippen molar-refractivity contribution >= 4 is 10.8 Å². The van der Waals surface area contributed by atoms with Crippen LogP contribution in [0, 0.1) is 5.92 Å². The fraction of sp³-hybridized carbons (Fsp3) is 0.448. The predicted molar refractivity (Wildman–Crippen MR) is 130 cm³/mol. The van der Waals surface area contributed by atoms with Gasteiger partial charge in [-0.25, -0.2) is 0 Å². The summed E-state index contributed by atoms with van der Waals surface area (Å²) < 4.78 is 5.43. The van der Waals surface area contributed by atoms with Gasteiger partial charge in [0.05, 0.1) is 0 Å². The Balaban J connectivity index is 1.37. The maximum absolute atomic E-state index is 11.0. The van der Waals surface area contributed by atoms with Gasteiger partial charge in [0.2, 0.25) is 0 Å². The lowest BCUT2D eigenvalue weighted by Crippen LogP contribution is -2.34. The molecule has 0 spiro atoms. The lowest BCUT2D eigenvalue weighted by molar-refractivity contribution is 0.173. The predicted octanol–water partition coefficient (Wildman–Crippen LogP) is 6.96. The van der Waals surface area contributed by atoms with Crippen molar-refractivity contribution in [1.82, 2.24) is 0 Å². The fourth-order valence-electron chi connectivity index (χ4n) is 6.57. The normalized spacial score (nSPS) is 30.0. The first-order chi connectivity index (χ1) is 15.6. The zero-order valence-corrected chi connectivity index (χ0v) is 18.7. The van der Waals surface area contributed by atoms with Gasteiger partial charge in [0.25, 0.3) is 0 Å². The number of ether oxygens (including phenoxy) is 1. The third-order valence-corrected chi connectivity index (χ3v) is 8.33. The Labute approximate surface area is 190 Å². The minimum absolute atomic E-state index is 0.0427. The summed E-state index contributed by atoms with van der Waals surface area (Å²) >= 11 is 0. The summed E-state index contributed by atoms with van der Waals surface area (Å²) in [5.41, 5.74) is 10.7. The molecule has 3 nitrogen and oxygen atoms in total. The van der Waals surface area contributed by atoms with Crippen molar-refractivity contribution in [2.45, 2.75) is 75.5 Å². The second-order valence-electron chi connectivity index (χ2n) is 10.4. The van der Waals surface area contributed by atoms with Crippen molar-refractivity contribution in [3.63, 3.8) is 0 Å². The van der Waals surface area contributed by atoms with Crippen molar-refractivity contribution in [3.05, 3.63) is 65.7 Å². The summed E-state index contributed by atoms with van der Waals surface area (Å²) in [6.45, 7) is 0. The van der Waals surface area contributed by atoms with Gasteiger partial charge < -0.3 is 15.6 Å². The molecule has 166 valence electrons. The Morgan fingerprint density at radius 3 is 2.41 bits per heavy atom. The first-order valence-electron chi connectivity index (χ1n) is 12.4. The molecule has 3 aromatic carbocycles. The Morgan fingerprint density at radius 2 is 1.53 bits per heavy atom. The maximum atomic E-state index is 11.0. The van der Waals surface area contributed by atoms with Crippen LogP contribution >= 0.6 is 0 Å². The standard InChI is InChI=1S/C29H33NO2/c30-28-27(32-28)24-10-9-20-15-21(7-8-22(20)16-24)23-11-12-26(31)25(17-23)29-13-3-1-2-5-19(18-29)6-4-14-29/h7-12,15-17,19,27-28,31H,1-6,13-14,18,30H2. The Bertz CT molecular complexity index is 1160. The highest BCUT2D eigenvalue weighted by Gasteiger charge is 2.40. The van der Waals surface area contributed by atoms with E-state index >= 15 is 0 Å². The zero-order chi connectivity index (χ0) is 21.7. The summed E-state index contributed by atoms with van der Waals surface area (Å²) in [4.78, 5) is 0. The fourth-order valence-corrected chi connectivity index (χ4v) is 6.57. The molecule has 3 fully saturated rings. The first kappa shape index (κ1) is 20.3. The molecular weight excluding hydrogens is 394 g/mol. The van der Waals surface area contributed by atoms with Gasteiger partial charge in [0.15, 0.2) is 0 Å². The third-order valence-electron chi connectivity index (χ3n) is 8.33. The van der Waals surface area contributed by atoms with Gasteiger partial charge in [-0.15, -0.1) is 0 Å². The van der Waals surface area contributed by atoms with Crippen molar-refractivity contribution in [2.24, 2.45) is 11.7 Å². The number of phenols is 1. The highest BCUT2D eigenvalue weighted by atomic mass is 16.6. The topological polar surface area (TPSA) is 58.8 Å². The van der Waals surface area contributed by atoms with Crippen LogP contribution in [-0.2, 0) is 10.2 Å². The molecule has 3 heteroatoms. The Morgan fingerprint density at radius 1 is 0.812 bits per heavy atom. The van der Waals surface area contributed by atoms with Crippen LogP contribution < -0.4 is 5.73 Å². The lowest BCUT2D eigenvalue weighted by atomic mass is 9.61. The molecule has 3 N–H and O–H groups in total. The SMILES string of the molecule is NC1OC1c1ccc2cc(-c3ccc(O)c(C45CCCCCC(CCC4)C5)c3)ccc2c1. The first-order valence-corrected chi connectivity index (χ1v) is 12.4. The summed E-state index contributed by atoms with van der Waals surface area (Å²) in [6.07, 6.45) is 11.6. The summed E-state index contributed by atoms with van der Waals surface area (Å²) in [5.74, 6) is 1.31. The molecule has 1 heterocycles. The molecule has 0 aromatic heterocycles. The number of aromatic hydroxyl groups is 1. The van der Waals surface area contributed by atoms with Gasteiger partial charge in [-0.1, -0.05) is 68.9 Å². The zero-order valence-electron chi connectivity index (χ0n) is 18.7. The smallest absolute Gasteiger partial charge is 0.137 e. The molecule has 1 saturated heterocycles. The van der Waals surface area contributed by atoms with Crippen LogP contribution in [0.15, 0.2) is 54.6 Å². The van der Waals surface area contributed by atoms with Crippen LogP contribution in [0.2, 0.25) is 0 Å². The highest BCUT2D eigenvalue weighted by Crippen LogP contribution is 2.51. The van der Waals surface area contributed by atoms with E-state index in [-0.39, 0.29) is 17.7 Å². The van der Waals surface area contributed by atoms with Crippen molar-refractivity contribution in [1.29, 1.82) is 0 Å². The molecule has 2 saturated carbocycles. The van der Waals surface area contributed by atoms with Gasteiger partial charge in [-0.2, -0.15) is 0 Å². The monoisotopic (exact) mass is 427 g/mol. The molecule has 3 aromatic rings. The number of fused-ring (bicyclic) bond motifs is 3. The van der Waals surface area contributed by atoms with Gasteiger partial charge in [0.1, 0.15) is 18.1 Å². The molecule has 0 amide bonds. The number of phenolic OH excluding ortho intramolecular Hbond substituents is 1.